The van der Waals surface area contributed by atoms with Gasteiger partial charge in [0.15, 0.2) is 0 Å². The summed E-state index contributed by atoms with van der Waals surface area (Å²) in [4.78, 5) is 11.7. The van der Waals surface area contributed by atoms with Crippen LogP contribution in [0.1, 0.15) is 27.0 Å². The van der Waals surface area contributed by atoms with E-state index in [4.69, 9.17) is 4.74 Å². The molecule has 0 fully saturated rings. The minimum absolute atomic E-state index is 0.157. The number of esters is 1. The number of ether oxygens (including phenoxy) is 2. The van der Waals surface area contributed by atoms with Crippen molar-refractivity contribution in [3.8, 4) is 5.75 Å². The summed E-state index contributed by atoms with van der Waals surface area (Å²) in [5.74, 6) is 0.217. The van der Waals surface area contributed by atoms with Crippen molar-refractivity contribution in [3.63, 3.8) is 0 Å². The summed E-state index contributed by atoms with van der Waals surface area (Å²) in [6.45, 7) is 6.05. The highest BCUT2D eigenvalue weighted by Gasteiger charge is 2.23. The maximum absolute atomic E-state index is 12.8. The number of hydrogen-bond acceptors (Lipinski definition) is 5. The Bertz CT molecular complexity index is 917. The topological polar surface area (TPSA) is 72.9 Å². The largest absolute Gasteiger partial charge is 0.492 e. The van der Waals surface area contributed by atoms with Crippen LogP contribution in [-0.2, 0) is 14.8 Å². The summed E-state index contributed by atoms with van der Waals surface area (Å²) in [5.41, 5.74) is 2.98. The molecule has 0 heterocycles. The maximum Gasteiger partial charge on any atom is 0.337 e. The summed E-state index contributed by atoms with van der Waals surface area (Å²) < 4.78 is 37.2. The molecule has 0 saturated heterocycles. The third-order valence-electron chi connectivity index (χ3n) is 4.15. The Kier molecular flexibility index (Phi) is 6.62. The van der Waals surface area contributed by atoms with Gasteiger partial charge in [0, 0.05) is 13.6 Å². The lowest BCUT2D eigenvalue weighted by atomic mass is 10.1. The molecule has 0 amide bonds. The predicted octanol–water partition coefficient (Wildman–Crippen LogP) is 3.10. The van der Waals surface area contributed by atoms with E-state index in [2.05, 4.69) is 4.74 Å². The van der Waals surface area contributed by atoms with Crippen LogP contribution in [0.15, 0.2) is 41.3 Å². The lowest BCUT2D eigenvalue weighted by Crippen LogP contribution is -2.31. The van der Waals surface area contributed by atoms with E-state index in [9.17, 15) is 13.2 Å². The van der Waals surface area contributed by atoms with Gasteiger partial charge in [0.1, 0.15) is 12.4 Å². The first-order valence-electron chi connectivity index (χ1n) is 8.51. The average Bonchev–Trinajstić information content (AvgIpc) is 2.59. The molecule has 0 aromatic heterocycles. The Hall–Kier alpha value is -2.38. The van der Waals surface area contributed by atoms with Crippen molar-refractivity contribution in [3.05, 3.63) is 58.7 Å². The fraction of sp³-hybridized carbons (Fsp3) is 0.350. The molecule has 2 rings (SSSR count). The van der Waals surface area contributed by atoms with Gasteiger partial charge in [0.2, 0.25) is 10.0 Å². The van der Waals surface area contributed by atoms with Crippen molar-refractivity contribution in [2.45, 2.75) is 25.7 Å². The Morgan fingerprint density at radius 3 is 2.22 bits per heavy atom. The molecule has 27 heavy (non-hydrogen) atoms. The van der Waals surface area contributed by atoms with Crippen LogP contribution in [0, 0.1) is 20.8 Å². The van der Waals surface area contributed by atoms with Gasteiger partial charge in [-0.2, -0.15) is 4.31 Å². The van der Waals surface area contributed by atoms with Gasteiger partial charge in [0.25, 0.3) is 0 Å². The summed E-state index contributed by atoms with van der Waals surface area (Å²) >= 11 is 0. The minimum atomic E-state index is -3.69. The van der Waals surface area contributed by atoms with Gasteiger partial charge in [-0.05, 0) is 67.8 Å². The molecule has 146 valence electrons. The van der Waals surface area contributed by atoms with E-state index in [0.29, 0.717) is 11.1 Å². The van der Waals surface area contributed by atoms with Gasteiger partial charge in [-0.1, -0.05) is 6.07 Å². The van der Waals surface area contributed by atoms with Gasteiger partial charge >= 0.3 is 5.97 Å². The van der Waals surface area contributed by atoms with E-state index >= 15 is 0 Å². The molecule has 0 aliphatic heterocycles. The normalized spacial score (nSPS) is 11.5. The lowest BCUT2D eigenvalue weighted by molar-refractivity contribution is 0.0600. The third-order valence-corrected chi connectivity index (χ3v) is 6.17. The quantitative estimate of drug-likeness (QED) is 0.678. The smallest absolute Gasteiger partial charge is 0.337 e. The van der Waals surface area contributed by atoms with Crippen LogP contribution in [-0.4, -0.2) is 46.0 Å². The van der Waals surface area contributed by atoms with Crippen molar-refractivity contribution in [1.29, 1.82) is 0 Å². The first kappa shape index (κ1) is 20.9. The number of rotatable bonds is 7. The molecule has 0 unspecified atom stereocenters. The van der Waals surface area contributed by atoms with Crippen LogP contribution in [0.4, 0.5) is 0 Å². The highest BCUT2D eigenvalue weighted by atomic mass is 32.2. The zero-order valence-corrected chi connectivity index (χ0v) is 17.1. The van der Waals surface area contributed by atoms with E-state index in [1.807, 2.05) is 32.0 Å². The zero-order chi connectivity index (χ0) is 20.2. The van der Waals surface area contributed by atoms with Gasteiger partial charge in [0.05, 0.1) is 17.6 Å². The second kappa shape index (κ2) is 8.54. The molecule has 0 spiro atoms. The fourth-order valence-corrected chi connectivity index (χ4v) is 4.14. The molecule has 2 aromatic rings. The molecule has 2 aromatic carbocycles. The number of carbonyl (C=O) groups excluding carboxylic acids is 1. The van der Waals surface area contributed by atoms with E-state index in [-0.39, 0.29) is 18.0 Å². The number of likely N-dealkylation sites (N-methyl/N-ethyl adjacent to an activating group) is 1. The van der Waals surface area contributed by atoms with Crippen molar-refractivity contribution >= 4 is 16.0 Å². The Morgan fingerprint density at radius 2 is 1.67 bits per heavy atom. The molecular formula is C20H25NO5S. The van der Waals surface area contributed by atoms with E-state index in [1.165, 1.54) is 36.7 Å². The number of aryl methyl sites for hydroxylation is 3. The molecule has 0 atom stereocenters. The number of benzene rings is 2. The molecule has 0 N–H and O–H groups in total. The molecule has 0 bridgehead atoms. The summed E-state index contributed by atoms with van der Waals surface area (Å²) in [6, 6.07) is 10.3. The summed E-state index contributed by atoms with van der Waals surface area (Å²) in [7, 11) is -0.897. The van der Waals surface area contributed by atoms with E-state index in [0.717, 1.165) is 16.9 Å². The van der Waals surface area contributed by atoms with Crippen LogP contribution in [0.25, 0.3) is 0 Å². The second-order valence-electron chi connectivity index (χ2n) is 6.47. The second-order valence-corrected chi connectivity index (χ2v) is 8.48. The molecular weight excluding hydrogens is 366 g/mol. The molecule has 0 aliphatic carbocycles. The number of hydrogen-bond donors (Lipinski definition) is 0. The maximum atomic E-state index is 12.8. The minimum Gasteiger partial charge on any atom is -0.492 e. The Balaban J connectivity index is 2.08. The first-order chi connectivity index (χ1) is 12.6. The van der Waals surface area contributed by atoms with Gasteiger partial charge in [-0.15, -0.1) is 0 Å². The molecule has 0 aliphatic rings. The van der Waals surface area contributed by atoms with Gasteiger partial charge in [-0.3, -0.25) is 0 Å². The molecule has 7 heteroatoms. The van der Waals surface area contributed by atoms with Crippen LogP contribution in [0.2, 0.25) is 0 Å². The number of carbonyl (C=O) groups is 1. The van der Waals surface area contributed by atoms with Gasteiger partial charge in [-0.25, -0.2) is 13.2 Å². The molecule has 0 radical (unpaired) electrons. The van der Waals surface area contributed by atoms with Crippen molar-refractivity contribution < 1.29 is 22.7 Å². The number of sulfonamides is 1. The van der Waals surface area contributed by atoms with Crippen molar-refractivity contribution in [1.82, 2.24) is 4.31 Å². The SMILES string of the molecule is COC(=O)c1ccc(S(=O)(=O)N(C)CCOc2cc(C)cc(C)c2)c(C)c1. The van der Waals surface area contributed by atoms with Gasteiger partial charge < -0.3 is 9.47 Å². The van der Waals surface area contributed by atoms with Crippen LogP contribution in [0.5, 0.6) is 5.75 Å². The van der Waals surface area contributed by atoms with Crippen LogP contribution in [0.3, 0.4) is 0 Å². The number of nitrogens with zero attached hydrogens (tertiary/aromatic N) is 1. The summed E-state index contributed by atoms with van der Waals surface area (Å²) in [5, 5.41) is 0. The number of methoxy groups -OCH3 is 1. The third kappa shape index (κ3) is 5.08. The van der Waals surface area contributed by atoms with Crippen molar-refractivity contribution in [2.75, 3.05) is 27.3 Å². The van der Waals surface area contributed by atoms with Crippen LogP contribution < -0.4 is 4.74 Å². The van der Waals surface area contributed by atoms with Crippen molar-refractivity contribution in [2.24, 2.45) is 0 Å². The zero-order valence-electron chi connectivity index (χ0n) is 16.3. The molecule has 0 saturated carbocycles. The highest BCUT2D eigenvalue weighted by molar-refractivity contribution is 7.89. The predicted molar refractivity (Wildman–Crippen MR) is 104 cm³/mol. The highest BCUT2D eigenvalue weighted by Crippen LogP contribution is 2.21. The fourth-order valence-electron chi connectivity index (χ4n) is 2.78. The summed E-state index contributed by atoms with van der Waals surface area (Å²) in [6.07, 6.45) is 0. The van der Waals surface area contributed by atoms with Crippen LogP contribution >= 0.6 is 0 Å². The standard InChI is InChI=1S/C20H25NO5S/c1-14-10-15(2)12-18(11-14)26-9-8-21(4)27(23,24)19-7-6-17(13-16(19)3)20(22)25-5/h6-7,10-13H,8-9H2,1-5H3. The molecule has 6 nitrogen and oxygen atoms in total. The first-order valence-corrected chi connectivity index (χ1v) is 9.95. The van der Waals surface area contributed by atoms with E-state index in [1.54, 1.807) is 6.92 Å². The average molecular weight is 391 g/mol. The monoisotopic (exact) mass is 391 g/mol. The Labute approximate surface area is 160 Å². The lowest BCUT2D eigenvalue weighted by Gasteiger charge is -2.19. The Morgan fingerprint density at radius 1 is 1.04 bits per heavy atom. The van der Waals surface area contributed by atoms with E-state index < -0.39 is 16.0 Å².